The van der Waals surface area contributed by atoms with Crippen molar-refractivity contribution in [2.75, 3.05) is 5.32 Å². The summed E-state index contributed by atoms with van der Waals surface area (Å²) >= 11 is 0. The third-order valence-electron chi connectivity index (χ3n) is 4.24. The van der Waals surface area contributed by atoms with Gasteiger partial charge in [-0.1, -0.05) is 30.3 Å². The molecule has 0 aliphatic heterocycles. The molecule has 0 aliphatic carbocycles. The number of rotatable bonds is 4. The van der Waals surface area contributed by atoms with Crippen molar-refractivity contribution >= 4 is 11.6 Å². The Labute approximate surface area is 155 Å². The second-order valence-corrected chi connectivity index (χ2v) is 6.06. The minimum absolute atomic E-state index is 0.211. The number of nitrogens with zero attached hydrogens (tertiary/aromatic N) is 5. The molecule has 0 radical (unpaired) electrons. The number of nitrogens with one attached hydrogen (secondary N) is 2. The zero-order valence-electron chi connectivity index (χ0n) is 14.8. The van der Waals surface area contributed by atoms with Crippen LogP contribution >= 0.6 is 0 Å². The minimum Gasteiger partial charge on any atom is -0.322 e. The van der Waals surface area contributed by atoms with Crippen molar-refractivity contribution in [2.45, 2.75) is 13.8 Å². The highest BCUT2D eigenvalue weighted by Crippen LogP contribution is 2.22. The first-order chi connectivity index (χ1) is 13.1. The fourth-order valence-corrected chi connectivity index (χ4v) is 3.01. The van der Waals surface area contributed by atoms with Gasteiger partial charge in [0.2, 0.25) is 5.82 Å². The van der Waals surface area contributed by atoms with E-state index in [0.29, 0.717) is 22.8 Å². The molecule has 8 nitrogen and oxygen atoms in total. The average Bonchev–Trinajstić information content (AvgIpc) is 3.31. The van der Waals surface area contributed by atoms with E-state index >= 15 is 0 Å². The van der Waals surface area contributed by atoms with Crippen molar-refractivity contribution in [3.8, 4) is 17.1 Å². The number of aryl methyl sites for hydroxylation is 1. The van der Waals surface area contributed by atoms with Crippen LogP contribution in [-0.4, -0.2) is 36.3 Å². The number of amides is 1. The highest BCUT2D eigenvalue weighted by Gasteiger charge is 2.19. The largest absolute Gasteiger partial charge is 0.322 e. The van der Waals surface area contributed by atoms with Gasteiger partial charge in [0.05, 0.1) is 22.6 Å². The highest BCUT2D eigenvalue weighted by atomic mass is 16.1. The third kappa shape index (κ3) is 3.20. The molecule has 0 saturated heterocycles. The van der Waals surface area contributed by atoms with Crippen LogP contribution in [0.4, 0.5) is 5.69 Å². The van der Waals surface area contributed by atoms with Crippen LogP contribution in [0.5, 0.6) is 0 Å². The van der Waals surface area contributed by atoms with Crippen LogP contribution in [0, 0.1) is 13.8 Å². The smallest absolute Gasteiger partial charge is 0.259 e. The number of benzene rings is 2. The van der Waals surface area contributed by atoms with Crippen molar-refractivity contribution in [3.05, 3.63) is 71.5 Å². The molecule has 0 bridgehead atoms. The number of H-pyrrole nitrogens is 1. The van der Waals surface area contributed by atoms with Gasteiger partial charge in [0.15, 0.2) is 0 Å². The van der Waals surface area contributed by atoms with Crippen LogP contribution in [0.2, 0.25) is 0 Å². The molecule has 2 aromatic heterocycles. The van der Waals surface area contributed by atoms with E-state index in [1.165, 1.54) is 0 Å². The number of aromatic nitrogens is 6. The maximum Gasteiger partial charge on any atom is 0.259 e. The molecule has 2 aromatic carbocycles. The lowest BCUT2D eigenvalue weighted by molar-refractivity contribution is 0.102. The second kappa shape index (κ2) is 6.83. The molecule has 0 spiro atoms. The number of anilines is 1. The molecule has 1 amide bonds. The first-order valence-electron chi connectivity index (χ1n) is 8.40. The Bertz CT molecular complexity index is 1080. The first kappa shape index (κ1) is 16.6. The monoisotopic (exact) mass is 359 g/mol. The summed E-state index contributed by atoms with van der Waals surface area (Å²) < 4.78 is 1.78. The predicted molar refractivity (Wildman–Crippen MR) is 101 cm³/mol. The Morgan fingerprint density at radius 3 is 2.63 bits per heavy atom. The molecule has 0 fully saturated rings. The van der Waals surface area contributed by atoms with Gasteiger partial charge in [-0.3, -0.25) is 4.79 Å². The van der Waals surface area contributed by atoms with Crippen molar-refractivity contribution in [2.24, 2.45) is 0 Å². The molecule has 0 aliphatic rings. The van der Waals surface area contributed by atoms with E-state index in [1.807, 2.05) is 62.4 Å². The van der Waals surface area contributed by atoms with E-state index in [4.69, 9.17) is 0 Å². The number of aromatic amines is 1. The summed E-state index contributed by atoms with van der Waals surface area (Å²) in [5.41, 5.74) is 4.33. The molecule has 8 heteroatoms. The van der Waals surface area contributed by atoms with E-state index < -0.39 is 0 Å². The van der Waals surface area contributed by atoms with Gasteiger partial charge in [-0.2, -0.15) is 10.3 Å². The van der Waals surface area contributed by atoms with Crippen molar-refractivity contribution in [3.63, 3.8) is 0 Å². The van der Waals surface area contributed by atoms with Crippen LogP contribution in [-0.2, 0) is 0 Å². The van der Waals surface area contributed by atoms with Gasteiger partial charge in [0.25, 0.3) is 5.91 Å². The summed E-state index contributed by atoms with van der Waals surface area (Å²) in [6.07, 6.45) is 0. The summed E-state index contributed by atoms with van der Waals surface area (Å²) in [5, 5.41) is 21.3. The molecule has 134 valence electrons. The summed E-state index contributed by atoms with van der Waals surface area (Å²) in [7, 11) is 0. The molecule has 0 saturated carbocycles. The Balaban J connectivity index is 1.63. The van der Waals surface area contributed by atoms with E-state index in [2.05, 4.69) is 31.0 Å². The maximum absolute atomic E-state index is 12.9. The van der Waals surface area contributed by atoms with Crippen LogP contribution in [0.3, 0.4) is 0 Å². The topological polar surface area (TPSA) is 101 Å². The molecule has 4 aromatic rings. The average molecular weight is 359 g/mol. The fraction of sp³-hybridized carbons (Fsp3) is 0.105. The molecule has 2 heterocycles. The zero-order valence-corrected chi connectivity index (χ0v) is 14.8. The quantitative estimate of drug-likeness (QED) is 0.583. The Kier molecular flexibility index (Phi) is 4.21. The van der Waals surface area contributed by atoms with Crippen LogP contribution in [0.1, 0.15) is 21.7 Å². The van der Waals surface area contributed by atoms with Gasteiger partial charge in [0.1, 0.15) is 0 Å². The Morgan fingerprint density at radius 1 is 1.07 bits per heavy atom. The van der Waals surface area contributed by atoms with Gasteiger partial charge in [-0.05, 0) is 43.3 Å². The second-order valence-electron chi connectivity index (χ2n) is 6.06. The SMILES string of the molecule is Cc1nn(-c2ccccc2)c(C)c1C(=O)Nc1cccc(-c2nn[nH]n2)c1. The van der Waals surface area contributed by atoms with Gasteiger partial charge in [0, 0.05) is 11.3 Å². The molecular formula is C19H17N7O. The van der Waals surface area contributed by atoms with Crippen LogP contribution in [0.25, 0.3) is 17.1 Å². The molecule has 2 N–H and O–H groups in total. The van der Waals surface area contributed by atoms with E-state index in [1.54, 1.807) is 10.7 Å². The lowest BCUT2D eigenvalue weighted by Crippen LogP contribution is -2.14. The first-order valence-corrected chi connectivity index (χ1v) is 8.40. The van der Waals surface area contributed by atoms with Crippen LogP contribution < -0.4 is 5.32 Å². The molecule has 4 rings (SSSR count). The number of carbonyl (C=O) groups excluding carboxylic acids is 1. The van der Waals surface area contributed by atoms with Crippen LogP contribution in [0.15, 0.2) is 54.6 Å². The van der Waals surface area contributed by atoms with Crippen molar-refractivity contribution in [1.29, 1.82) is 0 Å². The number of para-hydroxylation sites is 1. The van der Waals surface area contributed by atoms with E-state index in [9.17, 15) is 4.79 Å². The summed E-state index contributed by atoms with van der Waals surface area (Å²) in [6.45, 7) is 3.72. The number of hydrogen-bond acceptors (Lipinski definition) is 5. The van der Waals surface area contributed by atoms with Gasteiger partial charge in [-0.25, -0.2) is 4.68 Å². The Morgan fingerprint density at radius 2 is 1.89 bits per heavy atom. The number of carbonyl (C=O) groups is 1. The zero-order chi connectivity index (χ0) is 18.8. The third-order valence-corrected chi connectivity index (χ3v) is 4.24. The summed E-state index contributed by atoms with van der Waals surface area (Å²) in [5.74, 6) is 0.257. The minimum atomic E-state index is -0.211. The Hall–Kier alpha value is -3.81. The maximum atomic E-state index is 12.9. The van der Waals surface area contributed by atoms with E-state index in [-0.39, 0.29) is 5.91 Å². The standard InChI is InChI=1S/C19H17N7O/c1-12-17(13(2)26(23-12)16-9-4-3-5-10-16)19(27)20-15-8-6-7-14(11-15)18-21-24-25-22-18/h3-11H,1-2H3,(H,20,27)(H,21,22,24,25). The van der Waals surface area contributed by atoms with Crippen molar-refractivity contribution in [1.82, 2.24) is 30.4 Å². The van der Waals surface area contributed by atoms with Gasteiger partial charge >= 0.3 is 0 Å². The molecular weight excluding hydrogens is 342 g/mol. The van der Waals surface area contributed by atoms with E-state index in [0.717, 1.165) is 16.9 Å². The summed E-state index contributed by atoms with van der Waals surface area (Å²) in [6, 6.07) is 17.0. The predicted octanol–water partition coefficient (Wildman–Crippen LogP) is 2.92. The molecule has 27 heavy (non-hydrogen) atoms. The lowest BCUT2D eigenvalue weighted by atomic mass is 10.1. The van der Waals surface area contributed by atoms with Gasteiger partial charge < -0.3 is 5.32 Å². The van der Waals surface area contributed by atoms with Crippen molar-refractivity contribution < 1.29 is 4.79 Å². The number of hydrogen-bond donors (Lipinski definition) is 2. The summed E-state index contributed by atoms with van der Waals surface area (Å²) in [4.78, 5) is 12.9. The normalized spacial score (nSPS) is 10.7. The highest BCUT2D eigenvalue weighted by molar-refractivity contribution is 6.06. The molecule has 0 unspecified atom stereocenters. The molecule has 0 atom stereocenters. The lowest BCUT2D eigenvalue weighted by Gasteiger charge is -2.07. The fourth-order valence-electron chi connectivity index (χ4n) is 3.01. The number of tetrazole rings is 1. The van der Waals surface area contributed by atoms with Gasteiger partial charge in [-0.15, -0.1) is 10.2 Å².